The number of hydrogen-bond acceptors (Lipinski definition) is 4. The minimum absolute atomic E-state index is 0.0332. The van der Waals surface area contributed by atoms with E-state index in [-0.39, 0.29) is 16.7 Å². The van der Waals surface area contributed by atoms with Crippen molar-refractivity contribution in [1.82, 2.24) is 0 Å². The third kappa shape index (κ3) is 4.60. The van der Waals surface area contributed by atoms with Gasteiger partial charge in [0.15, 0.2) is 0 Å². The third-order valence-electron chi connectivity index (χ3n) is 3.38. The standard InChI is InChI=1S/C19H20N2O5/c1-19(2,3)26-18(25)21-12-9-7-11(8-10-12)15-13(16(20)22)5-4-6-14(15)17(23)24/h4-10H,1-3H3,(H2,20,22)(H,21,25)(H,23,24). The van der Waals surface area contributed by atoms with Gasteiger partial charge in [0, 0.05) is 16.8 Å². The summed E-state index contributed by atoms with van der Waals surface area (Å²) in [6.45, 7) is 5.26. The Bertz CT molecular complexity index is 819. The monoisotopic (exact) mass is 356 g/mol. The maximum absolute atomic E-state index is 11.8. The van der Waals surface area contributed by atoms with Gasteiger partial charge in [0.05, 0.1) is 5.56 Å². The van der Waals surface area contributed by atoms with Crippen molar-refractivity contribution < 1.29 is 24.2 Å². The summed E-state index contributed by atoms with van der Waals surface area (Å²) in [7, 11) is 0. The van der Waals surface area contributed by atoms with Crippen LogP contribution in [0, 0.1) is 0 Å². The van der Waals surface area contributed by atoms with E-state index in [1.54, 1.807) is 45.0 Å². The molecule has 0 aliphatic carbocycles. The summed E-state index contributed by atoms with van der Waals surface area (Å²) in [5.74, 6) is -1.89. The molecule has 0 spiro atoms. The molecule has 0 aliphatic rings. The molecule has 26 heavy (non-hydrogen) atoms. The van der Waals surface area contributed by atoms with E-state index in [2.05, 4.69) is 5.32 Å². The number of nitrogens with two attached hydrogens (primary N) is 1. The maximum Gasteiger partial charge on any atom is 0.412 e. The van der Waals surface area contributed by atoms with E-state index in [4.69, 9.17) is 10.5 Å². The molecule has 2 aromatic carbocycles. The Morgan fingerprint density at radius 3 is 2.08 bits per heavy atom. The average Bonchev–Trinajstić information content (AvgIpc) is 2.53. The van der Waals surface area contributed by atoms with Crippen molar-refractivity contribution in [2.45, 2.75) is 26.4 Å². The van der Waals surface area contributed by atoms with E-state index in [9.17, 15) is 19.5 Å². The molecule has 7 nitrogen and oxygen atoms in total. The number of carboxylic acids is 1. The molecule has 2 rings (SSSR count). The van der Waals surface area contributed by atoms with Crippen LogP contribution in [0.4, 0.5) is 10.5 Å². The molecule has 0 unspecified atom stereocenters. The fraction of sp³-hybridized carbons (Fsp3) is 0.211. The van der Waals surface area contributed by atoms with Gasteiger partial charge >= 0.3 is 12.1 Å². The molecule has 0 heterocycles. The molecule has 0 bridgehead atoms. The number of nitrogens with one attached hydrogen (secondary N) is 1. The number of carboxylic acid groups (broad SMARTS) is 1. The smallest absolute Gasteiger partial charge is 0.412 e. The van der Waals surface area contributed by atoms with E-state index < -0.39 is 23.6 Å². The third-order valence-corrected chi connectivity index (χ3v) is 3.38. The Morgan fingerprint density at radius 1 is 1.00 bits per heavy atom. The molecule has 0 aromatic heterocycles. The SMILES string of the molecule is CC(C)(C)OC(=O)Nc1ccc(-c2c(C(N)=O)cccc2C(=O)O)cc1. The highest BCUT2D eigenvalue weighted by Gasteiger charge is 2.19. The Hall–Kier alpha value is -3.35. The van der Waals surface area contributed by atoms with Gasteiger partial charge in [0.2, 0.25) is 5.91 Å². The summed E-state index contributed by atoms with van der Waals surface area (Å²) < 4.78 is 5.17. The molecule has 0 saturated carbocycles. The second-order valence-electron chi connectivity index (χ2n) is 6.60. The van der Waals surface area contributed by atoms with Gasteiger partial charge in [-0.15, -0.1) is 0 Å². The summed E-state index contributed by atoms with van der Waals surface area (Å²) in [4.78, 5) is 35.0. The molecule has 2 amide bonds. The molecule has 7 heteroatoms. The van der Waals surface area contributed by atoms with Crippen molar-refractivity contribution in [3.63, 3.8) is 0 Å². The largest absolute Gasteiger partial charge is 0.478 e. The molecule has 136 valence electrons. The zero-order valence-electron chi connectivity index (χ0n) is 14.7. The number of benzene rings is 2. The van der Waals surface area contributed by atoms with Crippen LogP contribution in [0.25, 0.3) is 11.1 Å². The van der Waals surface area contributed by atoms with Gasteiger partial charge < -0.3 is 15.6 Å². The lowest BCUT2D eigenvalue weighted by molar-refractivity contribution is 0.0634. The second kappa shape index (κ2) is 7.26. The van der Waals surface area contributed by atoms with E-state index >= 15 is 0 Å². The number of hydrogen-bond donors (Lipinski definition) is 3. The van der Waals surface area contributed by atoms with Crippen molar-refractivity contribution >= 4 is 23.7 Å². The minimum atomic E-state index is -1.17. The van der Waals surface area contributed by atoms with Crippen LogP contribution in [0.5, 0.6) is 0 Å². The Kier molecular flexibility index (Phi) is 5.30. The fourth-order valence-corrected chi connectivity index (χ4v) is 2.39. The maximum atomic E-state index is 11.8. The van der Waals surface area contributed by atoms with Crippen LogP contribution >= 0.6 is 0 Å². The fourth-order valence-electron chi connectivity index (χ4n) is 2.39. The lowest BCUT2D eigenvalue weighted by Gasteiger charge is -2.19. The van der Waals surface area contributed by atoms with E-state index in [0.29, 0.717) is 11.3 Å². The van der Waals surface area contributed by atoms with E-state index in [1.165, 1.54) is 18.2 Å². The van der Waals surface area contributed by atoms with Crippen LogP contribution in [0.15, 0.2) is 42.5 Å². The first kappa shape index (κ1) is 19.0. The number of anilines is 1. The molecule has 0 radical (unpaired) electrons. The van der Waals surface area contributed by atoms with Crippen molar-refractivity contribution in [3.05, 3.63) is 53.6 Å². The average molecular weight is 356 g/mol. The molecule has 0 saturated heterocycles. The number of carbonyl (C=O) groups excluding carboxylic acids is 2. The van der Waals surface area contributed by atoms with Crippen LogP contribution < -0.4 is 11.1 Å². The number of primary amides is 1. The van der Waals surface area contributed by atoms with Gasteiger partial charge in [0.1, 0.15) is 5.60 Å². The van der Waals surface area contributed by atoms with Crippen molar-refractivity contribution in [2.75, 3.05) is 5.32 Å². The zero-order valence-corrected chi connectivity index (χ0v) is 14.7. The number of ether oxygens (including phenoxy) is 1. The van der Waals surface area contributed by atoms with Gasteiger partial charge in [-0.1, -0.05) is 18.2 Å². The summed E-state index contributed by atoms with van der Waals surface area (Å²) >= 11 is 0. The second-order valence-corrected chi connectivity index (χ2v) is 6.60. The highest BCUT2D eigenvalue weighted by molar-refractivity contribution is 6.06. The first-order valence-electron chi connectivity index (χ1n) is 7.85. The van der Waals surface area contributed by atoms with Crippen molar-refractivity contribution in [1.29, 1.82) is 0 Å². The van der Waals surface area contributed by atoms with Gasteiger partial charge in [-0.2, -0.15) is 0 Å². The highest BCUT2D eigenvalue weighted by atomic mass is 16.6. The summed E-state index contributed by atoms with van der Waals surface area (Å²) in [5, 5.41) is 12.0. The number of rotatable bonds is 4. The molecule has 4 N–H and O–H groups in total. The van der Waals surface area contributed by atoms with Gasteiger partial charge in [-0.05, 0) is 50.6 Å². The van der Waals surface area contributed by atoms with Gasteiger partial charge in [0.25, 0.3) is 0 Å². The zero-order chi connectivity index (χ0) is 19.5. The lowest BCUT2D eigenvalue weighted by Crippen LogP contribution is -2.27. The predicted octanol–water partition coefficient (Wildman–Crippen LogP) is 3.50. The Balaban J connectivity index is 2.36. The highest BCUT2D eigenvalue weighted by Crippen LogP contribution is 2.29. The first-order chi connectivity index (χ1) is 12.1. The number of carbonyl (C=O) groups is 3. The van der Waals surface area contributed by atoms with Crippen LogP contribution in [0.3, 0.4) is 0 Å². The van der Waals surface area contributed by atoms with Crippen LogP contribution in [0.2, 0.25) is 0 Å². The molecule has 2 aromatic rings. The van der Waals surface area contributed by atoms with Gasteiger partial charge in [-0.3, -0.25) is 10.1 Å². The van der Waals surface area contributed by atoms with Crippen molar-refractivity contribution in [3.8, 4) is 11.1 Å². The number of aromatic carboxylic acids is 1. The molecular formula is C19H20N2O5. The first-order valence-corrected chi connectivity index (χ1v) is 7.85. The predicted molar refractivity (Wildman–Crippen MR) is 97.2 cm³/mol. The van der Waals surface area contributed by atoms with Crippen LogP contribution in [0.1, 0.15) is 41.5 Å². The topological polar surface area (TPSA) is 119 Å². The summed E-state index contributed by atoms with van der Waals surface area (Å²) in [6, 6.07) is 10.7. The Morgan fingerprint density at radius 2 is 1.58 bits per heavy atom. The summed E-state index contributed by atoms with van der Waals surface area (Å²) in [6.07, 6.45) is -0.603. The van der Waals surface area contributed by atoms with Crippen LogP contribution in [-0.2, 0) is 4.74 Å². The van der Waals surface area contributed by atoms with Gasteiger partial charge in [-0.25, -0.2) is 9.59 Å². The quantitative estimate of drug-likeness (QED) is 0.775. The molecule has 0 aliphatic heterocycles. The number of amides is 2. The Labute approximate surface area is 150 Å². The van der Waals surface area contributed by atoms with Crippen LogP contribution in [-0.4, -0.2) is 28.7 Å². The molecule has 0 fully saturated rings. The molecular weight excluding hydrogens is 336 g/mol. The lowest BCUT2D eigenvalue weighted by atomic mass is 9.94. The summed E-state index contributed by atoms with van der Waals surface area (Å²) in [5.41, 5.74) is 6.02. The normalized spacial score (nSPS) is 10.9. The molecule has 0 atom stereocenters. The minimum Gasteiger partial charge on any atom is -0.478 e. The van der Waals surface area contributed by atoms with E-state index in [0.717, 1.165) is 0 Å². The van der Waals surface area contributed by atoms with E-state index in [1.807, 2.05) is 0 Å². The van der Waals surface area contributed by atoms with Crippen molar-refractivity contribution in [2.24, 2.45) is 5.73 Å².